The molecule has 26 heavy (non-hydrogen) atoms. The molecule has 6 heteroatoms. The van der Waals surface area contributed by atoms with Crippen molar-refractivity contribution in [2.24, 2.45) is 0 Å². The number of rotatable bonds is 18. The average Bonchev–Trinajstić information content (AvgIpc) is 2.60. The molecule has 0 rings (SSSR count). The molecule has 0 unspecified atom stereocenters. The molecule has 0 aromatic carbocycles. The number of ether oxygens (including phenoxy) is 1. The van der Waals surface area contributed by atoms with E-state index in [-0.39, 0.29) is 19.8 Å². The zero-order valence-corrected chi connectivity index (χ0v) is 18.4. The molecule has 0 saturated heterocycles. The van der Waals surface area contributed by atoms with Crippen molar-refractivity contribution in [2.45, 2.75) is 104 Å². The molecule has 5 nitrogen and oxygen atoms in total. The molecule has 156 valence electrons. The maximum atomic E-state index is 13.0. The van der Waals surface area contributed by atoms with Gasteiger partial charge in [0.1, 0.15) is 0 Å². The molecular formula is C20H41O5P. The molecule has 0 fully saturated rings. The third kappa shape index (κ3) is 11.4. The van der Waals surface area contributed by atoms with Crippen LogP contribution in [-0.2, 0) is 23.1 Å². The van der Waals surface area contributed by atoms with Gasteiger partial charge in [0.25, 0.3) is 0 Å². The third-order valence-electron chi connectivity index (χ3n) is 4.39. The second kappa shape index (κ2) is 16.8. The van der Waals surface area contributed by atoms with Crippen LogP contribution in [0.5, 0.6) is 0 Å². The van der Waals surface area contributed by atoms with Gasteiger partial charge in [0.05, 0.1) is 19.8 Å². The third-order valence-corrected chi connectivity index (χ3v) is 6.86. The molecule has 0 radical (unpaired) electrons. The number of hydrogen-bond donors (Lipinski definition) is 0. The van der Waals surface area contributed by atoms with E-state index in [1.165, 1.54) is 44.9 Å². The fourth-order valence-corrected chi connectivity index (χ4v) is 5.03. The smallest absolute Gasteiger partial charge is 0.344 e. The topological polar surface area (TPSA) is 61.8 Å². The van der Waals surface area contributed by atoms with Crippen LogP contribution in [0.4, 0.5) is 0 Å². The van der Waals surface area contributed by atoms with Crippen LogP contribution in [0.3, 0.4) is 0 Å². The van der Waals surface area contributed by atoms with Gasteiger partial charge >= 0.3 is 13.6 Å². The van der Waals surface area contributed by atoms with Crippen LogP contribution in [-0.4, -0.2) is 31.4 Å². The predicted octanol–water partition coefficient (Wildman–Crippen LogP) is 6.50. The average molecular weight is 393 g/mol. The van der Waals surface area contributed by atoms with Crippen LogP contribution >= 0.6 is 7.60 Å². The van der Waals surface area contributed by atoms with Crippen LogP contribution in [0.25, 0.3) is 0 Å². The summed E-state index contributed by atoms with van der Waals surface area (Å²) in [5, 5.41) is 0. The summed E-state index contributed by atoms with van der Waals surface area (Å²) in [7, 11) is -3.47. The van der Waals surface area contributed by atoms with Crippen molar-refractivity contribution in [3.63, 3.8) is 0 Å². The van der Waals surface area contributed by atoms with Crippen molar-refractivity contribution in [1.82, 2.24) is 0 Å². The second-order valence-electron chi connectivity index (χ2n) is 6.61. The molecule has 0 amide bonds. The first-order valence-corrected chi connectivity index (χ1v) is 12.2. The lowest BCUT2D eigenvalue weighted by Gasteiger charge is -2.24. The molecule has 0 aromatic rings. The Morgan fingerprint density at radius 1 is 0.731 bits per heavy atom. The molecule has 0 heterocycles. The monoisotopic (exact) mass is 392 g/mol. The minimum absolute atomic E-state index is 0.255. The summed E-state index contributed by atoms with van der Waals surface area (Å²) in [5.41, 5.74) is -0.809. The van der Waals surface area contributed by atoms with Crippen molar-refractivity contribution >= 4 is 13.6 Å². The molecule has 0 saturated carbocycles. The summed E-state index contributed by atoms with van der Waals surface area (Å²) in [6.45, 7) is 8.28. The van der Waals surface area contributed by atoms with Crippen molar-refractivity contribution < 1.29 is 23.1 Å². The highest BCUT2D eigenvalue weighted by Crippen LogP contribution is 2.55. The minimum Gasteiger partial charge on any atom is -0.465 e. The number of esters is 1. The number of unbranched alkanes of at least 4 members (excludes halogenated alkanes) is 9. The van der Waals surface area contributed by atoms with Gasteiger partial charge in [-0.2, -0.15) is 0 Å². The Balaban J connectivity index is 4.28. The van der Waals surface area contributed by atoms with Gasteiger partial charge < -0.3 is 13.8 Å². The Morgan fingerprint density at radius 2 is 1.19 bits per heavy atom. The maximum Gasteiger partial charge on any atom is 0.344 e. The first-order chi connectivity index (χ1) is 12.6. The zero-order valence-electron chi connectivity index (χ0n) is 17.5. The van der Waals surface area contributed by atoms with Gasteiger partial charge in [0.2, 0.25) is 0 Å². The standard InChI is InChI=1S/C20H41O5P/c1-5-9-10-11-12-13-14-15-16-17-18-19(20(21)23-6-2)26(22,24-7-3)25-8-4/h19H,5-18H2,1-4H3/t19-/m1/s1. The first kappa shape index (κ1) is 25.6. The van der Waals surface area contributed by atoms with Crippen LogP contribution in [0.1, 0.15) is 98.3 Å². The van der Waals surface area contributed by atoms with E-state index in [2.05, 4.69) is 6.92 Å². The summed E-state index contributed by atoms with van der Waals surface area (Å²) in [4.78, 5) is 12.3. The Labute approximate surface area is 161 Å². The van der Waals surface area contributed by atoms with Gasteiger partial charge in [-0.1, -0.05) is 71.1 Å². The lowest BCUT2D eigenvalue weighted by Crippen LogP contribution is -2.26. The molecule has 0 bridgehead atoms. The van der Waals surface area contributed by atoms with Gasteiger partial charge in [0, 0.05) is 0 Å². The van der Waals surface area contributed by atoms with E-state index >= 15 is 0 Å². The van der Waals surface area contributed by atoms with Gasteiger partial charge in [-0.05, 0) is 27.2 Å². The predicted molar refractivity (Wildman–Crippen MR) is 108 cm³/mol. The Morgan fingerprint density at radius 3 is 1.62 bits per heavy atom. The molecule has 0 aliphatic carbocycles. The van der Waals surface area contributed by atoms with E-state index in [0.29, 0.717) is 6.42 Å². The van der Waals surface area contributed by atoms with E-state index < -0.39 is 19.2 Å². The van der Waals surface area contributed by atoms with Crippen LogP contribution in [0.15, 0.2) is 0 Å². The fraction of sp³-hybridized carbons (Fsp3) is 0.950. The van der Waals surface area contributed by atoms with Gasteiger partial charge in [-0.15, -0.1) is 0 Å². The lowest BCUT2D eigenvalue weighted by molar-refractivity contribution is -0.143. The lowest BCUT2D eigenvalue weighted by atomic mass is 10.1. The molecule has 0 spiro atoms. The summed E-state index contributed by atoms with van der Waals surface area (Å²) in [6.07, 6.45) is 12.6. The van der Waals surface area contributed by atoms with Crippen LogP contribution < -0.4 is 0 Å². The van der Waals surface area contributed by atoms with E-state index in [9.17, 15) is 9.36 Å². The van der Waals surface area contributed by atoms with Crippen LogP contribution in [0, 0.1) is 0 Å². The van der Waals surface area contributed by atoms with Crippen molar-refractivity contribution in [3.8, 4) is 0 Å². The molecule has 0 aliphatic heterocycles. The number of carbonyl (C=O) groups excluding carboxylic acids is 1. The van der Waals surface area contributed by atoms with E-state index in [1.807, 2.05) is 0 Å². The van der Waals surface area contributed by atoms with E-state index in [4.69, 9.17) is 13.8 Å². The van der Waals surface area contributed by atoms with Gasteiger partial charge in [-0.25, -0.2) is 0 Å². The minimum atomic E-state index is -3.47. The molecular weight excluding hydrogens is 351 g/mol. The Kier molecular flexibility index (Phi) is 16.5. The summed E-state index contributed by atoms with van der Waals surface area (Å²) >= 11 is 0. The zero-order chi connectivity index (χ0) is 19.7. The molecule has 1 atom stereocenters. The Bertz CT molecular complexity index is 376. The van der Waals surface area contributed by atoms with E-state index in [1.54, 1.807) is 20.8 Å². The first-order valence-electron chi connectivity index (χ1n) is 10.6. The Hall–Kier alpha value is -0.380. The van der Waals surface area contributed by atoms with Crippen molar-refractivity contribution in [2.75, 3.05) is 19.8 Å². The summed E-state index contributed by atoms with van der Waals surface area (Å²) in [5.74, 6) is -0.464. The van der Waals surface area contributed by atoms with Crippen LogP contribution in [0.2, 0.25) is 0 Å². The highest BCUT2D eigenvalue weighted by Gasteiger charge is 2.41. The SMILES string of the molecule is CCCCCCCCCCCC[C@H](C(=O)OCC)P(=O)(OCC)OCC. The highest BCUT2D eigenvalue weighted by atomic mass is 31.2. The molecule has 0 aliphatic rings. The number of carbonyl (C=O) groups is 1. The van der Waals surface area contributed by atoms with Gasteiger partial charge in [0.15, 0.2) is 5.66 Å². The van der Waals surface area contributed by atoms with Crippen molar-refractivity contribution in [3.05, 3.63) is 0 Å². The van der Waals surface area contributed by atoms with Gasteiger partial charge in [-0.3, -0.25) is 9.36 Å². The second-order valence-corrected chi connectivity index (χ2v) is 8.83. The highest BCUT2D eigenvalue weighted by molar-refractivity contribution is 7.55. The molecule has 0 N–H and O–H groups in total. The summed E-state index contributed by atoms with van der Waals surface area (Å²) < 4.78 is 28.8. The normalized spacial score (nSPS) is 12.9. The summed E-state index contributed by atoms with van der Waals surface area (Å²) in [6, 6.07) is 0. The largest absolute Gasteiger partial charge is 0.465 e. The maximum absolute atomic E-state index is 13.0. The quantitative estimate of drug-likeness (QED) is 0.151. The van der Waals surface area contributed by atoms with Crippen molar-refractivity contribution in [1.29, 1.82) is 0 Å². The molecule has 0 aromatic heterocycles. The fourth-order valence-electron chi connectivity index (χ4n) is 3.05. The number of hydrogen-bond acceptors (Lipinski definition) is 5. The van der Waals surface area contributed by atoms with E-state index in [0.717, 1.165) is 19.3 Å².